The Labute approximate surface area is 105 Å². The molecule has 0 aliphatic rings. The maximum absolute atomic E-state index is 9.04. The molecule has 0 fully saturated rings. The standard InChI is InChI=1S/C13H28O4/c1-7-9-10-11(3)15-17-13(6,16-14)12(4,5)8-2/h11,14H,7-10H2,1-6H3. The van der Waals surface area contributed by atoms with Crippen LogP contribution in [0.15, 0.2) is 0 Å². The zero-order valence-electron chi connectivity index (χ0n) is 12.1. The Kier molecular flexibility index (Phi) is 7.24. The van der Waals surface area contributed by atoms with E-state index in [1.54, 1.807) is 6.92 Å². The average Bonchev–Trinajstić information content (AvgIpc) is 2.32. The average molecular weight is 248 g/mol. The molecule has 0 aliphatic carbocycles. The Morgan fingerprint density at radius 1 is 1.18 bits per heavy atom. The molecular formula is C13H28O4. The van der Waals surface area contributed by atoms with Gasteiger partial charge in [-0.2, -0.15) is 4.89 Å². The molecule has 104 valence electrons. The van der Waals surface area contributed by atoms with Crippen molar-refractivity contribution in [1.82, 2.24) is 0 Å². The summed E-state index contributed by atoms with van der Waals surface area (Å²) in [7, 11) is 0. The predicted octanol–water partition coefficient (Wildman–Crippen LogP) is 4.16. The Bertz CT molecular complexity index is 206. The molecule has 0 amide bonds. The van der Waals surface area contributed by atoms with E-state index >= 15 is 0 Å². The van der Waals surface area contributed by atoms with E-state index < -0.39 is 5.79 Å². The van der Waals surface area contributed by atoms with E-state index in [2.05, 4.69) is 11.8 Å². The van der Waals surface area contributed by atoms with Crippen LogP contribution < -0.4 is 0 Å². The lowest BCUT2D eigenvalue weighted by molar-refractivity contribution is -0.526. The molecule has 0 rings (SSSR count). The fraction of sp³-hybridized carbons (Fsp3) is 1.00. The summed E-state index contributed by atoms with van der Waals surface area (Å²) in [5, 5.41) is 9.04. The highest BCUT2D eigenvalue weighted by atomic mass is 17.3. The highest BCUT2D eigenvalue weighted by molar-refractivity contribution is 4.80. The quantitative estimate of drug-likeness (QED) is 0.378. The molecule has 0 aliphatic heterocycles. The van der Waals surface area contributed by atoms with Crippen LogP contribution in [0.4, 0.5) is 0 Å². The summed E-state index contributed by atoms with van der Waals surface area (Å²) in [6, 6.07) is 0. The van der Waals surface area contributed by atoms with E-state index in [9.17, 15) is 0 Å². The summed E-state index contributed by atoms with van der Waals surface area (Å²) in [5.74, 6) is -1.15. The van der Waals surface area contributed by atoms with Crippen molar-refractivity contribution in [1.29, 1.82) is 0 Å². The van der Waals surface area contributed by atoms with Gasteiger partial charge >= 0.3 is 0 Å². The minimum atomic E-state index is -1.15. The van der Waals surface area contributed by atoms with Crippen LogP contribution in [-0.4, -0.2) is 17.1 Å². The van der Waals surface area contributed by atoms with Gasteiger partial charge in [-0.3, -0.25) is 0 Å². The highest BCUT2D eigenvalue weighted by Gasteiger charge is 2.44. The topological polar surface area (TPSA) is 47.9 Å². The van der Waals surface area contributed by atoms with E-state index in [0.717, 1.165) is 25.7 Å². The van der Waals surface area contributed by atoms with Crippen LogP contribution in [0.3, 0.4) is 0 Å². The van der Waals surface area contributed by atoms with Crippen molar-refractivity contribution in [3.8, 4) is 0 Å². The maximum atomic E-state index is 9.04. The van der Waals surface area contributed by atoms with E-state index in [-0.39, 0.29) is 11.5 Å². The molecule has 0 aromatic rings. The number of hydrogen-bond donors (Lipinski definition) is 1. The van der Waals surface area contributed by atoms with Crippen molar-refractivity contribution >= 4 is 0 Å². The predicted molar refractivity (Wildman–Crippen MR) is 67.3 cm³/mol. The van der Waals surface area contributed by atoms with Gasteiger partial charge in [0.05, 0.1) is 6.10 Å². The van der Waals surface area contributed by atoms with Gasteiger partial charge in [0, 0.05) is 5.41 Å². The first-order valence-corrected chi connectivity index (χ1v) is 6.50. The van der Waals surface area contributed by atoms with E-state index in [1.807, 2.05) is 27.7 Å². The third-order valence-electron chi connectivity index (χ3n) is 3.62. The van der Waals surface area contributed by atoms with Crippen LogP contribution in [0.5, 0.6) is 0 Å². The Morgan fingerprint density at radius 2 is 1.76 bits per heavy atom. The highest BCUT2D eigenvalue weighted by Crippen LogP contribution is 2.38. The van der Waals surface area contributed by atoms with Gasteiger partial charge in [-0.05, 0) is 26.7 Å². The molecule has 4 heteroatoms. The van der Waals surface area contributed by atoms with Crippen molar-refractivity contribution in [2.45, 2.75) is 79.1 Å². The molecule has 4 nitrogen and oxygen atoms in total. The summed E-state index contributed by atoms with van der Waals surface area (Å²) >= 11 is 0. The Balaban J connectivity index is 4.30. The SMILES string of the molecule is CCCCC(C)OOC(C)(OO)C(C)(C)CC. The third-order valence-corrected chi connectivity index (χ3v) is 3.62. The number of unbranched alkanes of at least 4 members (excludes halogenated alkanes) is 1. The normalized spacial score (nSPS) is 17.8. The molecular weight excluding hydrogens is 220 g/mol. The lowest BCUT2D eigenvalue weighted by Gasteiger charge is -2.39. The summed E-state index contributed by atoms with van der Waals surface area (Å²) in [6.45, 7) is 11.7. The molecule has 0 bridgehead atoms. The summed E-state index contributed by atoms with van der Waals surface area (Å²) in [4.78, 5) is 15.1. The second-order valence-corrected chi connectivity index (χ2v) is 5.41. The summed E-state index contributed by atoms with van der Waals surface area (Å²) < 4.78 is 0. The second kappa shape index (κ2) is 7.31. The summed E-state index contributed by atoms with van der Waals surface area (Å²) in [6.07, 6.45) is 3.96. The van der Waals surface area contributed by atoms with Gasteiger partial charge < -0.3 is 0 Å². The smallest absolute Gasteiger partial charge is 0.235 e. The van der Waals surface area contributed by atoms with Crippen molar-refractivity contribution in [3.63, 3.8) is 0 Å². The van der Waals surface area contributed by atoms with Crippen LogP contribution in [0.25, 0.3) is 0 Å². The maximum Gasteiger partial charge on any atom is 0.235 e. The molecule has 0 aromatic heterocycles. The number of hydrogen-bond acceptors (Lipinski definition) is 4. The summed E-state index contributed by atoms with van der Waals surface area (Å²) in [5.41, 5.74) is -0.341. The second-order valence-electron chi connectivity index (χ2n) is 5.41. The van der Waals surface area contributed by atoms with Gasteiger partial charge in [0.15, 0.2) is 0 Å². The van der Waals surface area contributed by atoms with Crippen LogP contribution in [0.1, 0.15) is 67.2 Å². The van der Waals surface area contributed by atoms with Crippen LogP contribution in [0, 0.1) is 5.41 Å². The van der Waals surface area contributed by atoms with Gasteiger partial charge in [0.2, 0.25) is 5.79 Å². The molecule has 0 aromatic carbocycles. The van der Waals surface area contributed by atoms with Crippen molar-refractivity contribution in [3.05, 3.63) is 0 Å². The largest absolute Gasteiger partial charge is 0.249 e. The minimum Gasteiger partial charge on any atom is -0.249 e. The molecule has 0 spiro atoms. The molecule has 2 atom stereocenters. The first kappa shape index (κ1) is 16.8. The van der Waals surface area contributed by atoms with Gasteiger partial charge in [0.25, 0.3) is 0 Å². The first-order chi connectivity index (χ1) is 7.83. The van der Waals surface area contributed by atoms with Crippen LogP contribution in [0.2, 0.25) is 0 Å². The molecule has 0 saturated heterocycles. The van der Waals surface area contributed by atoms with Crippen LogP contribution in [-0.2, 0) is 14.7 Å². The molecule has 17 heavy (non-hydrogen) atoms. The Hall–Kier alpha value is -0.160. The molecule has 0 saturated carbocycles. The zero-order chi connectivity index (χ0) is 13.5. The van der Waals surface area contributed by atoms with E-state index in [0.29, 0.717) is 0 Å². The molecule has 2 unspecified atom stereocenters. The lowest BCUT2D eigenvalue weighted by atomic mass is 9.82. The molecule has 0 heterocycles. The fourth-order valence-corrected chi connectivity index (χ4v) is 1.29. The van der Waals surface area contributed by atoms with E-state index in [4.69, 9.17) is 15.0 Å². The van der Waals surface area contributed by atoms with Gasteiger partial charge in [-0.25, -0.2) is 15.0 Å². The zero-order valence-corrected chi connectivity index (χ0v) is 12.1. The number of rotatable bonds is 9. The van der Waals surface area contributed by atoms with Gasteiger partial charge in [0.1, 0.15) is 0 Å². The lowest BCUT2D eigenvalue weighted by Crippen LogP contribution is -2.46. The molecule has 0 radical (unpaired) electrons. The molecule has 1 N–H and O–H groups in total. The Morgan fingerprint density at radius 3 is 2.18 bits per heavy atom. The minimum absolute atomic E-state index is 0.00270. The fourth-order valence-electron chi connectivity index (χ4n) is 1.29. The van der Waals surface area contributed by atoms with Gasteiger partial charge in [-0.1, -0.05) is 40.5 Å². The van der Waals surface area contributed by atoms with Crippen LogP contribution >= 0.6 is 0 Å². The van der Waals surface area contributed by atoms with Crippen molar-refractivity contribution in [2.75, 3.05) is 0 Å². The van der Waals surface area contributed by atoms with Crippen molar-refractivity contribution in [2.24, 2.45) is 5.41 Å². The van der Waals surface area contributed by atoms with Gasteiger partial charge in [-0.15, -0.1) is 0 Å². The monoisotopic (exact) mass is 248 g/mol. The first-order valence-electron chi connectivity index (χ1n) is 6.50. The third kappa shape index (κ3) is 4.92. The van der Waals surface area contributed by atoms with E-state index in [1.165, 1.54) is 0 Å². The van der Waals surface area contributed by atoms with Crippen molar-refractivity contribution < 1.29 is 19.9 Å².